The molecule has 11 heteroatoms. The smallest absolute Gasteiger partial charge is 0.420 e. The van der Waals surface area contributed by atoms with Crippen molar-refractivity contribution in [1.82, 2.24) is 9.97 Å². The molecule has 0 atom stereocenters. The van der Waals surface area contributed by atoms with E-state index in [4.69, 9.17) is 4.74 Å². The van der Waals surface area contributed by atoms with E-state index in [1.807, 2.05) is 4.98 Å². The predicted molar refractivity (Wildman–Crippen MR) is 81.7 cm³/mol. The fourth-order valence-electron chi connectivity index (χ4n) is 2.31. The number of H-pyrrole nitrogens is 2. The maximum Gasteiger partial charge on any atom is 0.420 e. The zero-order chi connectivity index (χ0) is 20.0. The molecule has 0 fully saturated rings. The average molecular weight is 390 g/mol. The molecule has 2 aromatic carbocycles. The van der Waals surface area contributed by atoms with Crippen molar-refractivity contribution in [3.05, 3.63) is 68.2 Å². The minimum Gasteiger partial charge on any atom is -0.457 e. The van der Waals surface area contributed by atoms with E-state index in [1.54, 1.807) is 0 Å². The molecule has 27 heavy (non-hydrogen) atoms. The lowest BCUT2D eigenvalue weighted by molar-refractivity contribution is -0.139. The third kappa shape index (κ3) is 3.81. The number of hydrogen-bond donors (Lipinski definition) is 2. The topological polar surface area (TPSA) is 75.0 Å². The quantitative estimate of drug-likeness (QED) is 0.512. The largest absolute Gasteiger partial charge is 0.457 e. The molecular weight excluding hydrogens is 382 g/mol. The zero-order valence-corrected chi connectivity index (χ0v) is 13.0. The van der Waals surface area contributed by atoms with Gasteiger partial charge in [-0.25, -0.2) is 0 Å². The number of fused-ring (bicyclic) bond motifs is 1. The van der Waals surface area contributed by atoms with Crippen LogP contribution < -0.4 is 15.9 Å². The van der Waals surface area contributed by atoms with Crippen LogP contribution in [0.1, 0.15) is 11.1 Å². The van der Waals surface area contributed by atoms with Crippen LogP contribution in [0.15, 0.2) is 46.0 Å². The van der Waals surface area contributed by atoms with Crippen molar-refractivity contribution >= 4 is 11.0 Å². The molecule has 0 spiro atoms. The standard InChI is InChI=1S/C16H8F6N2O3/c17-15(18,19)7-2-1-3-8(4-7)27-12-6-11-10(5-9(12)16(20,21)22)23-13(25)14(26)24-11/h1-6H,(H,23,25)(H,24,26). The first-order valence-electron chi connectivity index (χ1n) is 7.18. The van der Waals surface area contributed by atoms with Crippen molar-refractivity contribution in [3.8, 4) is 11.5 Å². The Balaban J connectivity index is 2.16. The highest BCUT2D eigenvalue weighted by Crippen LogP contribution is 2.40. The van der Waals surface area contributed by atoms with Crippen molar-refractivity contribution in [2.24, 2.45) is 0 Å². The number of rotatable bonds is 2. The van der Waals surface area contributed by atoms with Crippen molar-refractivity contribution in [1.29, 1.82) is 0 Å². The Labute approximate surface area is 145 Å². The van der Waals surface area contributed by atoms with E-state index in [0.29, 0.717) is 12.1 Å². The Bertz CT molecular complexity index is 1130. The van der Waals surface area contributed by atoms with Gasteiger partial charge in [-0.15, -0.1) is 0 Å². The molecule has 1 aromatic heterocycles. The van der Waals surface area contributed by atoms with Crippen molar-refractivity contribution in [2.75, 3.05) is 0 Å². The van der Waals surface area contributed by atoms with Crippen LogP contribution in [0.3, 0.4) is 0 Å². The molecule has 0 unspecified atom stereocenters. The van der Waals surface area contributed by atoms with Gasteiger partial charge in [0.2, 0.25) is 0 Å². The van der Waals surface area contributed by atoms with Crippen LogP contribution in [-0.2, 0) is 12.4 Å². The molecule has 2 N–H and O–H groups in total. The van der Waals surface area contributed by atoms with E-state index in [-0.39, 0.29) is 11.0 Å². The summed E-state index contributed by atoms with van der Waals surface area (Å²) >= 11 is 0. The van der Waals surface area contributed by atoms with Gasteiger partial charge in [-0.1, -0.05) is 6.07 Å². The Morgan fingerprint density at radius 2 is 1.37 bits per heavy atom. The predicted octanol–water partition coefficient (Wildman–Crippen LogP) is 4.05. The zero-order valence-electron chi connectivity index (χ0n) is 13.0. The molecule has 142 valence electrons. The lowest BCUT2D eigenvalue weighted by Gasteiger charge is -2.15. The maximum absolute atomic E-state index is 13.3. The van der Waals surface area contributed by atoms with E-state index in [9.17, 15) is 35.9 Å². The first-order valence-corrected chi connectivity index (χ1v) is 7.18. The summed E-state index contributed by atoms with van der Waals surface area (Å²) in [4.78, 5) is 26.7. The molecule has 3 aromatic rings. The van der Waals surface area contributed by atoms with E-state index >= 15 is 0 Å². The average Bonchev–Trinajstić information content (AvgIpc) is 2.54. The Kier molecular flexibility index (Phi) is 4.25. The monoisotopic (exact) mass is 390 g/mol. The van der Waals surface area contributed by atoms with E-state index in [0.717, 1.165) is 24.3 Å². The highest BCUT2D eigenvalue weighted by molar-refractivity contribution is 5.77. The minimum atomic E-state index is -4.93. The van der Waals surface area contributed by atoms with E-state index < -0.39 is 46.1 Å². The van der Waals surface area contributed by atoms with Crippen LogP contribution >= 0.6 is 0 Å². The molecule has 0 aliphatic carbocycles. The summed E-state index contributed by atoms with van der Waals surface area (Å²) in [5.41, 5.74) is -5.20. The van der Waals surface area contributed by atoms with Crippen LogP contribution in [0.2, 0.25) is 0 Å². The Morgan fingerprint density at radius 3 is 1.93 bits per heavy atom. The second kappa shape index (κ2) is 6.18. The molecule has 3 rings (SSSR count). The number of alkyl halides is 6. The number of halogens is 6. The molecule has 0 radical (unpaired) electrons. The summed E-state index contributed by atoms with van der Waals surface area (Å²) in [5.74, 6) is -1.32. The number of aromatic amines is 2. The molecule has 0 saturated heterocycles. The van der Waals surface area contributed by atoms with Gasteiger partial charge in [0, 0.05) is 6.07 Å². The van der Waals surface area contributed by atoms with Crippen LogP contribution in [-0.4, -0.2) is 9.97 Å². The summed E-state index contributed by atoms with van der Waals surface area (Å²) in [6.45, 7) is 0. The molecule has 0 aliphatic heterocycles. The first kappa shape index (κ1) is 18.5. The van der Waals surface area contributed by atoms with E-state index in [1.165, 1.54) is 0 Å². The van der Waals surface area contributed by atoms with Crippen LogP contribution in [0.4, 0.5) is 26.3 Å². The maximum atomic E-state index is 13.3. The highest BCUT2D eigenvalue weighted by Gasteiger charge is 2.36. The number of benzene rings is 2. The van der Waals surface area contributed by atoms with E-state index in [2.05, 4.69) is 4.98 Å². The highest BCUT2D eigenvalue weighted by atomic mass is 19.4. The van der Waals surface area contributed by atoms with Crippen molar-refractivity contribution in [3.63, 3.8) is 0 Å². The van der Waals surface area contributed by atoms with Gasteiger partial charge in [0.1, 0.15) is 17.1 Å². The second-order valence-electron chi connectivity index (χ2n) is 5.43. The van der Waals surface area contributed by atoms with Gasteiger partial charge in [-0.3, -0.25) is 9.59 Å². The van der Waals surface area contributed by atoms with Gasteiger partial charge in [0.15, 0.2) is 0 Å². The molecule has 0 bridgehead atoms. The normalized spacial score (nSPS) is 12.4. The molecule has 0 aliphatic rings. The van der Waals surface area contributed by atoms with Crippen molar-refractivity contribution in [2.45, 2.75) is 12.4 Å². The fraction of sp³-hybridized carbons (Fsp3) is 0.125. The van der Waals surface area contributed by atoms with Gasteiger partial charge in [-0.05, 0) is 24.3 Å². The number of nitrogens with one attached hydrogen (secondary N) is 2. The van der Waals surface area contributed by atoms with Gasteiger partial charge in [0.25, 0.3) is 0 Å². The minimum absolute atomic E-state index is 0.186. The third-order valence-electron chi connectivity index (χ3n) is 3.52. The van der Waals surface area contributed by atoms with Gasteiger partial charge in [0.05, 0.1) is 16.6 Å². The molecular formula is C16H8F6N2O3. The Hall–Kier alpha value is -3.24. The van der Waals surface area contributed by atoms with Crippen LogP contribution in [0.5, 0.6) is 11.5 Å². The summed E-state index contributed by atoms with van der Waals surface area (Å²) in [6.07, 6.45) is -9.64. The summed E-state index contributed by atoms with van der Waals surface area (Å²) < 4.78 is 83.2. The van der Waals surface area contributed by atoms with Gasteiger partial charge >= 0.3 is 23.5 Å². The molecule has 1 heterocycles. The Morgan fingerprint density at radius 1 is 0.778 bits per heavy atom. The second-order valence-corrected chi connectivity index (χ2v) is 5.43. The summed E-state index contributed by atoms with van der Waals surface area (Å²) in [7, 11) is 0. The number of aromatic nitrogens is 2. The lowest BCUT2D eigenvalue weighted by atomic mass is 10.1. The van der Waals surface area contributed by atoms with Gasteiger partial charge < -0.3 is 14.7 Å². The van der Waals surface area contributed by atoms with Crippen LogP contribution in [0.25, 0.3) is 11.0 Å². The third-order valence-corrected chi connectivity index (χ3v) is 3.52. The molecule has 0 saturated carbocycles. The summed E-state index contributed by atoms with van der Waals surface area (Å²) in [6, 6.07) is 4.60. The van der Waals surface area contributed by atoms with Crippen LogP contribution in [0, 0.1) is 0 Å². The molecule has 5 nitrogen and oxygen atoms in total. The molecule has 0 amide bonds. The number of ether oxygens (including phenoxy) is 1. The first-order chi connectivity index (χ1) is 12.4. The number of hydrogen-bond acceptors (Lipinski definition) is 3. The summed E-state index contributed by atoms with van der Waals surface area (Å²) in [5, 5.41) is 0. The van der Waals surface area contributed by atoms with Gasteiger partial charge in [-0.2, -0.15) is 26.3 Å². The lowest BCUT2D eigenvalue weighted by Crippen LogP contribution is -2.29. The SMILES string of the molecule is O=c1[nH]c2cc(Oc3cccc(C(F)(F)F)c3)c(C(F)(F)F)cc2[nH]c1=O. The van der Waals surface area contributed by atoms with Crippen molar-refractivity contribution < 1.29 is 31.1 Å². The fourth-order valence-corrected chi connectivity index (χ4v) is 2.31.